The van der Waals surface area contributed by atoms with E-state index in [0.717, 1.165) is 37.2 Å². The van der Waals surface area contributed by atoms with E-state index < -0.39 is 0 Å². The van der Waals surface area contributed by atoms with E-state index in [4.69, 9.17) is 0 Å². The van der Waals surface area contributed by atoms with Crippen molar-refractivity contribution in [3.8, 4) is 0 Å². The van der Waals surface area contributed by atoms with E-state index in [1.54, 1.807) is 0 Å². The van der Waals surface area contributed by atoms with Gasteiger partial charge in [0.2, 0.25) is 11.8 Å². The Morgan fingerprint density at radius 1 is 1.05 bits per heavy atom. The molecule has 2 saturated heterocycles. The van der Waals surface area contributed by atoms with Crippen molar-refractivity contribution in [2.24, 2.45) is 5.92 Å². The van der Waals surface area contributed by atoms with E-state index in [1.807, 2.05) is 16.7 Å². The molecule has 2 aliphatic heterocycles. The van der Waals surface area contributed by atoms with E-state index in [0.29, 0.717) is 25.0 Å². The monoisotopic (exact) mass is 324 g/mol. The highest BCUT2D eigenvalue weighted by atomic mass is 32.2. The predicted octanol–water partition coefficient (Wildman–Crippen LogP) is 2.57. The number of rotatable bonds is 3. The summed E-state index contributed by atoms with van der Waals surface area (Å²) in [5.74, 6) is 2.48. The molecule has 3 fully saturated rings. The maximum absolute atomic E-state index is 12.5. The average Bonchev–Trinajstić information content (AvgIpc) is 2.74. The topological polar surface area (TPSA) is 49.4 Å². The van der Waals surface area contributed by atoms with Crippen molar-refractivity contribution in [1.82, 2.24) is 10.2 Å². The Balaban J connectivity index is 1.52. The van der Waals surface area contributed by atoms with Gasteiger partial charge in [-0.25, -0.2) is 0 Å². The Morgan fingerprint density at radius 3 is 2.41 bits per heavy atom. The molecule has 0 bridgehead atoms. The number of nitrogens with one attached hydrogen (secondary N) is 1. The Bertz CT molecular complexity index is 401. The van der Waals surface area contributed by atoms with Crippen LogP contribution in [0.25, 0.3) is 0 Å². The number of amides is 2. The van der Waals surface area contributed by atoms with Crippen LogP contribution in [0, 0.1) is 5.92 Å². The van der Waals surface area contributed by atoms with Gasteiger partial charge in [-0.3, -0.25) is 9.59 Å². The van der Waals surface area contributed by atoms with Crippen molar-refractivity contribution in [2.45, 2.75) is 69.9 Å². The van der Waals surface area contributed by atoms with Crippen molar-refractivity contribution in [3.05, 3.63) is 0 Å². The van der Waals surface area contributed by atoms with Crippen molar-refractivity contribution < 1.29 is 9.59 Å². The van der Waals surface area contributed by atoms with Gasteiger partial charge in [0.05, 0.1) is 5.92 Å². The summed E-state index contributed by atoms with van der Waals surface area (Å²) in [6, 6.07) is 0.717. The SMILES string of the molecule is O=C(NC1CCSCC1)C1CC(=O)N(C2CCCCCC2)C1. The molecule has 22 heavy (non-hydrogen) atoms. The van der Waals surface area contributed by atoms with Gasteiger partial charge < -0.3 is 10.2 Å². The molecule has 0 aromatic heterocycles. The normalized spacial score (nSPS) is 28.6. The molecular formula is C17H28N2O2S. The van der Waals surface area contributed by atoms with Crippen LogP contribution >= 0.6 is 11.8 Å². The van der Waals surface area contributed by atoms with Crippen LogP contribution in [0.5, 0.6) is 0 Å². The quantitative estimate of drug-likeness (QED) is 0.812. The second kappa shape index (κ2) is 7.71. The number of hydrogen-bond donors (Lipinski definition) is 1. The van der Waals surface area contributed by atoms with Gasteiger partial charge in [-0.2, -0.15) is 11.8 Å². The zero-order valence-electron chi connectivity index (χ0n) is 13.4. The second-order valence-electron chi connectivity index (χ2n) is 6.99. The molecule has 1 aliphatic carbocycles. The minimum absolute atomic E-state index is 0.112. The van der Waals surface area contributed by atoms with Crippen molar-refractivity contribution in [1.29, 1.82) is 0 Å². The van der Waals surface area contributed by atoms with Gasteiger partial charge in [0, 0.05) is 25.0 Å². The standard InChI is InChI=1S/C17H28N2O2S/c20-16-11-13(17(21)18-14-7-9-22-10-8-14)12-19(16)15-5-3-1-2-4-6-15/h13-15H,1-12H2,(H,18,21). The van der Waals surface area contributed by atoms with Crippen LogP contribution in [-0.2, 0) is 9.59 Å². The average molecular weight is 324 g/mol. The molecule has 0 aromatic carbocycles. The maximum atomic E-state index is 12.5. The maximum Gasteiger partial charge on any atom is 0.225 e. The van der Waals surface area contributed by atoms with Gasteiger partial charge in [-0.1, -0.05) is 25.7 Å². The number of nitrogens with zero attached hydrogens (tertiary/aromatic N) is 1. The van der Waals surface area contributed by atoms with Crippen LogP contribution < -0.4 is 5.32 Å². The van der Waals surface area contributed by atoms with E-state index >= 15 is 0 Å². The summed E-state index contributed by atoms with van der Waals surface area (Å²) in [5, 5.41) is 3.19. The van der Waals surface area contributed by atoms with Crippen molar-refractivity contribution >= 4 is 23.6 Å². The molecule has 124 valence electrons. The molecule has 5 heteroatoms. The lowest BCUT2D eigenvalue weighted by Crippen LogP contribution is -2.42. The molecule has 0 spiro atoms. The fraction of sp³-hybridized carbons (Fsp3) is 0.882. The summed E-state index contributed by atoms with van der Waals surface area (Å²) < 4.78 is 0. The summed E-state index contributed by atoms with van der Waals surface area (Å²) >= 11 is 1.97. The van der Waals surface area contributed by atoms with E-state index in [-0.39, 0.29) is 17.7 Å². The third-order valence-corrected chi connectivity index (χ3v) is 6.41. The van der Waals surface area contributed by atoms with Gasteiger partial charge in [-0.05, 0) is 37.2 Å². The number of likely N-dealkylation sites (tertiary alicyclic amines) is 1. The van der Waals surface area contributed by atoms with Crippen molar-refractivity contribution in [2.75, 3.05) is 18.1 Å². The molecule has 1 unspecified atom stereocenters. The number of hydrogen-bond acceptors (Lipinski definition) is 3. The molecule has 3 aliphatic rings. The molecule has 4 nitrogen and oxygen atoms in total. The smallest absolute Gasteiger partial charge is 0.225 e. The third kappa shape index (κ3) is 3.98. The van der Waals surface area contributed by atoms with Gasteiger partial charge in [0.25, 0.3) is 0 Å². The van der Waals surface area contributed by atoms with E-state index in [2.05, 4.69) is 5.32 Å². The van der Waals surface area contributed by atoms with Gasteiger partial charge >= 0.3 is 0 Å². The largest absolute Gasteiger partial charge is 0.353 e. The zero-order valence-corrected chi connectivity index (χ0v) is 14.2. The molecule has 0 radical (unpaired) electrons. The lowest BCUT2D eigenvalue weighted by atomic mass is 10.1. The fourth-order valence-corrected chi connectivity index (χ4v) is 5.10. The minimum atomic E-state index is -0.120. The van der Waals surface area contributed by atoms with E-state index in [1.165, 1.54) is 25.7 Å². The second-order valence-corrected chi connectivity index (χ2v) is 8.21. The van der Waals surface area contributed by atoms with Gasteiger partial charge in [-0.15, -0.1) is 0 Å². The lowest BCUT2D eigenvalue weighted by molar-refractivity contribution is -0.130. The summed E-state index contributed by atoms with van der Waals surface area (Å²) in [6.45, 7) is 0.650. The molecule has 1 saturated carbocycles. The molecule has 1 N–H and O–H groups in total. The lowest BCUT2D eigenvalue weighted by Gasteiger charge is -2.27. The number of thioether (sulfide) groups is 1. The van der Waals surface area contributed by atoms with Gasteiger partial charge in [0.15, 0.2) is 0 Å². The molecule has 2 amide bonds. The molecule has 0 aromatic rings. The first kappa shape index (κ1) is 16.2. The fourth-order valence-electron chi connectivity index (χ4n) is 3.99. The summed E-state index contributed by atoms with van der Waals surface area (Å²) in [7, 11) is 0. The summed E-state index contributed by atoms with van der Waals surface area (Å²) in [6.07, 6.45) is 9.86. The van der Waals surface area contributed by atoms with E-state index in [9.17, 15) is 9.59 Å². The highest BCUT2D eigenvalue weighted by Gasteiger charge is 2.38. The molecule has 1 atom stereocenters. The highest BCUT2D eigenvalue weighted by molar-refractivity contribution is 7.99. The Morgan fingerprint density at radius 2 is 1.73 bits per heavy atom. The van der Waals surface area contributed by atoms with Crippen molar-refractivity contribution in [3.63, 3.8) is 0 Å². The van der Waals surface area contributed by atoms with Crippen LogP contribution in [0.1, 0.15) is 57.8 Å². The van der Waals surface area contributed by atoms with Crippen LogP contribution in [0.4, 0.5) is 0 Å². The highest BCUT2D eigenvalue weighted by Crippen LogP contribution is 2.28. The van der Waals surface area contributed by atoms with Crippen LogP contribution in [0.2, 0.25) is 0 Å². The Kier molecular flexibility index (Phi) is 5.66. The number of carbonyl (C=O) groups is 2. The number of carbonyl (C=O) groups excluding carboxylic acids is 2. The van der Waals surface area contributed by atoms with Crippen LogP contribution in [0.15, 0.2) is 0 Å². The Hall–Kier alpha value is -0.710. The van der Waals surface area contributed by atoms with Crippen LogP contribution in [-0.4, -0.2) is 46.8 Å². The molecule has 3 rings (SSSR count). The molecular weight excluding hydrogens is 296 g/mol. The summed E-state index contributed by atoms with van der Waals surface area (Å²) in [4.78, 5) is 26.8. The third-order valence-electron chi connectivity index (χ3n) is 5.36. The molecule has 2 heterocycles. The first-order chi connectivity index (χ1) is 10.7. The first-order valence-corrected chi connectivity index (χ1v) is 10.1. The first-order valence-electron chi connectivity index (χ1n) is 8.91. The van der Waals surface area contributed by atoms with Crippen LogP contribution in [0.3, 0.4) is 0 Å². The van der Waals surface area contributed by atoms with Gasteiger partial charge in [0.1, 0.15) is 0 Å². The minimum Gasteiger partial charge on any atom is -0.353 e. The zero-order chi connectivity index (χ0) is 15.4. The predicted molar refractivity (Wildman–Crippen MR) is 89.8 cm³/mol. The Labute approximate surface area is 137 Å². The summed E-state index contributed by atoms with van der Waals surface area (Å²) in [5.41, 5.74) is 0.